The Morgan fingerprint density at radius 3 is 2.59 bits per heavy atom. The van der Waals surface area contributed by atoms with Gasteiger partial charge in [-0.25, -0.2) is 4.98 Å². The SMILES string of the molecule is COc1cc(N2CCN(C)CC2)ccc1Nc1ncc(Cl)c(Oc2cccc(O[PH](C)=O)c2)n1. The lowest BCUT2D eigenvalue weighted by Crippen LogP contribution is -2.44. The Balaban J connectivity index is 1.51. The summed E-state index contributed by atoms with van der Waals surface area (Å²) in [6.07, 6.45) is 1.46. The molecule has 1 saturated heterocycles. The molecule has 4 rings (SSSR count). The molecule has 1 aliphatic rings. The third kappa shape index (κ3) is 6.11. The molecule has 0 spiro atoms. The number of likely N-dealkylation sites (N-methyl/N-ethyl adjacent to an activating group) is 1. The summed E-state index contributed by atoms with van der Waals surface area (Å²) in [5.74, 6) is 2.04. The van der Waals surface area contributed by atoms with Gasteiger partial charge in [-0.1, -0.05) is 17.7 Å². The molecule has 0 amide bonds. The Labute approximate surface area is 204 Å². The van der Waals surface area contributed by atoms with Gasteiger partial charge in [-0.3, -0.25) is 4.57 Å². The summed E-state index contributed by atoms with van der Waals surface area (Å²) in [6, 6.07) is 12.8. The molecule has 180 valence electrons. The number of aromatic nitrogens is 2. The molecule has 2 aromatic carbocycles. The van der Waals surface area contributed by atoms with Crippen molar-refractivity contribution in [2.45, 2.75) is 0 Å². The molecule has 3 aromatic rings. The fraction of sp³-hybridized carbons (Fsp3) is 0.304. The molecular formula is C23H27ClN5O4P. The Bertz CT molecular complexity index is 1170. The van der Waals surface area contributed by atoms with Crippen LogP contribution in [0.4, 0.5) is 17.3 Å². The van der Waals surface area contributed by atoms with Crippen LogP contribution < -0.4 is 24.2 Å². The number of ether oxygens (including phenoxy) is 2. The van der Waals surface area contributed by atoms with Crippen LogP contribution in [0.1, 0.15) is 0 Å². The van der Waals surface area contributed by atoms with Crippen molar-refractivity contribution in [3.63, 3.8) is 0 Å². The number of halogens is 1. The van der Waals surface area contributed by atoms with Crippen molar-refractivity contribution in [2.75, 3.05) is 57.2 Å². The maximum atomic E-state index is 11.4. The summed E-state index contributed by atoms with van der Waals surface area (Å²) >= 11 is 6.26. The molecule has 0 aliphatic carbocycles. The highest BCUT2D eigenvalue weighted by atomic mass is 35.5. The lowest BCUT2D eigenvalue weighted by molar-refractivity contribution is 0.312. The van der Waals surface area contributed by atoms with Crippen molar-refractivity contribution in [3.05, 3.63) is 53.7 Å². The molecule has 0 radical (unpaired) electrons. The van der Waals surface area contributed by atoms with Crippen molar-refractivity contribution in [1.29, 1.82) is 0 Å². The minimum atomic E-state index is -2.13. The van der Waals surface area contributed by atoms with Crippen LogP contribution in [0.2, 0.25) is 5.02 Å². The van der Waals surface area contributed by atoms with Gasteiger partial charge >= 0.3 is 0 Å². The van der Waals surface area contributed by atoms with Crippen LogP contribution >= 0.6 is 19.6 Å². The number of anilines is 3. The molecule has 1 fully saturated rings. The van der Waals surface area contributed by atoms with Gasteiger partial charge < -0.3 is 29.1 Å². The normalized spacial score (nSPS) is 15.0. The van der Waals surface area contributed by atoms with E-state index in [4.69, 9.17) is 25.6 Å². The number of methoxy groups -OCH3 is 1. The van der Waals surface area contributed by atoms with E-state index in [1.165, 1.54) is 12.9 Å². The quantitative estimate of drug-likeness (QED) is 0.430. The highest BCUT2D eigenvalue weighted by Crippen LogP contribution is 2.34. The third-order valence-electron chi connectivity index (χ3n) is 5.29. The van der Waals surface area contributed by atoms with Crippen molar-refractivity contribution in [2.24, 2.45) is 0 Å². The number of nitrogens with one attached hydrogen (secondary N) is 1. The highest BCUT2D eigenvalue weighted by Gasteiger charge is 2.17. The standard InChI is InChI=1S/C23H27ClN5O4P/c1-28-9-11-29(12-10-28)16-7-8-20(21(13-16)31-2)26-23-25-15-19(24)22(27-23)32-17-5-4-6-18(14-17)33-34(3)30/h4-8,13-15,34H,9-12H2,1-3H3,(H,25,26,27). The predicted molar refractivity (Wildman–Crippen MR) is 135 cm³/mol. The lowest BCUT2D eigenvalue weighted by atomic mass is 10.2. The summed E-state index contributed by atoms with van der Waals surface area (Å²) in [5.41, 5.74) is 1.82. The first kappa shape index (κ1) is 24.1. The number of hydrogen-bond donors (Lipinski definition) is 1. The van der Waals surface area contributed by atoms with Gasteiger partial charge in [0.2, 0.25) is 19.9 Å². The van der Waals surface area contributed by atoms with Crippen LogP contribution in [0.25, 0.3) is 0 Å². The minimum absolute atomic E-state index is 0.175. The average Bonchev–Trinajstić information content (AvgIpc) is 2.82. The molecule has 1 unspecified atom stereocenters. The van der Waals surface area contributed by atoms with Gasteiger partial charge in [-0.2, -0.15) is 4.98 Å². The maximum absolute atomic E-state index is 11.4. The fourth-order valence-corrected chi connectivity index (χ4v) is 4.12. The lowest BCUT2D eigenvalue weighted by Gasteiger charge is -2.34. The molecule has 1 aromatic heterocycles. The Hall–Kier alpha value is -3.00. The van der Waals surface area contributed by atoms with Gasteiger partial charge in [0.15, 0.2) is 0 Å². The molecule has 0 saturated carbocycles. The Morgan fingerprint density at radius 2 is 1.85 bits per heavy atom. The van der Waals surface area contributed by atoms with E-state index >= 15 is 0 Å². The fourth-order valence-electron chi connectivity index (χ4n) is 3.53. The summed E-state index contributed by atoms with van der Waals surface area (Å²) in [6.45, 7) is 5.50. The van der Waals surface area contributed by atoms with Gasteiger partial charge in [-0.05, 0) is 31.3 Å². The first-order valence-electron chi connectivity index (χ1n) is 10.8. The van der Waals surface area contributed by atoms with E-state index in [0.29, 0.717) is 23.2 Å². The zero-order valence-corrected chi connectivity index (χ0v) is 21.0. The number of rotatable bonds is 8. The molecule has 1 atom stereocenters. The zero-order valence-electron chi connectivity index (χ0n) is 19.2. The van der Waals surface area contributed by atoms with Gasteiger partial charge in [0.05, 0.1) is 19.0 Å². The number of hydrogen-bond acceptors (Lipinski definition) is 9. The van der Waals surface area contributed by atoms with E-state index in [9.17, 15) is 4.57 Å². The van der Waals surface area contributed by atoms with Gasteiger partial charge in [0.1, 0.15) is 22.3 Å². The smallest absolute Gasteiger partial charge is 0.243 e. The summed E-state index contributed by atoms with van der Waals surface area (Å²) < 4.78 is 28.1. The van der Waals surface area contributed by atoms with E-state index < -0.39 is 8.03 Å². The van der Waals surface area contributed by atoms with Crippen LogP contribution in [-0.4, -0.2) is 61.9 Å². The van der Waals surface area contributed by atoms with E-state index in [0.717, 1.165) is 37.6 Å². The van der Waals surface area contributed by atoms with Crippen molar-refractivity contribution in [3.8, 4) is 23.1 Å². The molecule has 0 bridgehead atoms. The maximum Gasteiger partial charge on any atom is 0.243 e. The largest absolute Gasteiger partial charge is 0.494 e. The topological polar surface area (TPSA) is 89.0 Å². The van der Waals surface area contributed by atoms with Crippen molar-refractivity contribution in [1.82, 2.24) is 14.9 Å². The van der Waals surface area contributed by atoms with Crippen LogP contribution in [0.15, 0.2) is 48.7 Å². The monoisotopic (exact) mass is 503 g/mol. The first-order chi connectivity index (χ1) is 16.4. The second-order valence-electron chi connectivity index (χ2n) is 7.82. The van der Waals surface area contributed by atoms with Crippen molar-refractivity contribution >= 4 is 37.0 Å². The minimum Gasteiger partial charge on any atom is -0.494 e. The van der Waals surface area contributed by atoms with Crippen molar-refractivity contribution < 1.29 is 18.6 Å². The van der Waals surface area contributed by atoms with Crippen LogP contribution in [0.3, 0.4) is 0 Å². The van der Waals surface area contributed by atoms with E-state index in [-0.39, 0.29) is 10.9 Å². The number of benzene rings is 2. The summed E-state index contributed by atoms with van der Waals surface area (Å²) in [4.78, 5) is 13.3. The summed E-state index contributed by atoms with van der Waals surface area (Å²) in [7, 11) is 1.64. The van der Waals surface area contributed by atoms with Gasteiger partial charge in [-0.15, -0.1) is 0 Å². The van der Waals surface area contributed by atoms with E-state index in [2.05, 4.69) is 38.2 Å². The average molecular weight is 504 g/mol. The second kappa shape index (κ2) is 11.0. The van der Waals surface area contributed by atoms with Gasteiger partial charge in [0, 0.05) is 50.7 Å². The van der Waals surface area contributed by atoms with Crippen LogP contribution in [0.5, 0.6) is 23.1 Å². The third-order valence-corrected chi connectivity index (χ3v) is 6.08. The Kier molecular flexibility index (Phi) is 7.77. The molecule has 34 heavy (non-hydrogen) atoms. The molecule has 1 N–H and O–H groups in total. The second-order valence-corrected chi connectivity index (χ2v) is 9.41. The van der Waals surface area contributed by atoms with Crippen LogP contribution in [-0.2, 0) is 4.57 Å². The van der Waals surface area contributed by atoms with E-state index in [1.807, 2.05) is 12.1 Å². The molecular weight excluding hydrogens is 477 g/mol. The number of piperazine rings is 1. The van der Waals surface area contributed by atoms with E-state index in [1.54, 1.807) is 31.4 Å². The molecule has 2 heterocycles. The van der Waals surface area contributed by atoms with Gasteiger partial charge in [0.25, 0.3) is 0 Å². The molecule has 11 heteroatoms. The van der Waals surface area contributed by atoms with Crippen LogP contribution in [0, 0.1) is 0 Å². The molecule has 9 nitrogen and oxygen atoms in total. The predicted octanol–water partition coefficient (Wildman–Crippen LogP) is 4.91. The molecule has 1 aliphatic heterocycles. The first-order valence-corrected chi connectivity index (χ1v) is 13.0. The zero-order chi connectivity index (χ0) is 24.1. The summed E-state index contributed by atoms with van der Waals surface area (Å²) in [5, 5.41) is 3.43. The Morgan fingerprint density at radius 1 is 1.09 bits per heavy atom. The number of nitrogens with zero attached hydrogens (tertiary/aromatic N) is 4. The highest BCUT2D eigenvalue weighted by molar-refractivity contribution is 7.38.